The molecule has 8 nitrogen and oxygen atoms in total. The van der Waals surface area contributed by atoms with E-state index >= 15 is 0 Å². The van der Waals surface area contributed by atoms with E-state index < -0.39 is 10.8 Å². The minimum Gasteiger partial charge on any atom is -0.493 e. The molecule has 0 aliphatic rings. The second-order valence-electron chi connectivity index (χ2n) is 4.76. The Balaban J connectivity index is 3.16. The van der Waals surface area contributed by atoms with E-state index in [4.69, 9.17) is 15.2 Å². The lowest BCUT2D eigenvalue weighted by atomic mass is 10.1. The molecule has 122 valence electrons. The molecule has 0 radical (unpaired) electrons. The highest BCUT2D eigenvalue weighted by Gasteiger charge is 2.24. The summed E-state index contributed by atoms with van der Waals surface area (Å²) < 4.78 is 10.4. The quantitative estimate of drug-likeness (QED) is 0.552. The Hall–Kier alpha value is -2.35. The van der Waals surface area contributed by atoms with Crippen LogP contribution in [0.5, 0.6) is 11.5 Å². The van der Waals surface area contributed by atoms with E-state index in [0.29, 0.717) is 19.7 Å². The van der Waals surface area contributed by atoms with Crippen LogP contribution in [0.1, 0.15) is 24.2 Å². The average Bonchev–Trinajstić information content (AvgIpc) is 2.51. The maximum Gasteiger partial charge on any atom is 0.286 e. The molecule has 22 heavy (non-hydrogen) atoms. The van der Waals surface area contributed by atoms with Gasteiger partial charge in [0.05, 0.1) is 24.7 Å². The molecule has 1 unspecified atom stereocenters. The molecule has 0 aromatic heterocycles. The fourth-order valence-electron chi connectivity index (χ4n) is 1.76. The fraction of sp³-hybridized carbons (Fsp3) is 0.500. The Morgan fingerprint density at radius 1 is 1.45 bits per heavy atom. The molecule has 0 aliphatic carbocycles. The number of methoxy groups -OCH3 is 1. The number of amides is 1. The predicted octanol–water partition coefficient (Wildman–Crippen LogP) is 1.33. The normalized spacial score (nSPS) is 11.6. The molecule has 0 bridgehead atoms. The van der Waals surface area contributed by atoms with Gasteiger partial charge >= 0.3 is 0 Å². The third-order valence-corrected chi connectivity index (χ3v) is 3.04. The molecule has 0 saturated heterocycles. The maximum atomic E-state index is 12.2. The Labute approximate surface area is 128 Å². The maximum absolute atomic E-state index is 12.2. The number of rotatable bonds is 8. The highest BCUT2D eigenvalue weighted by Crippen LogP contribution is 2.34. The van der Waals surface area contributed by atoms with Crippen molar-refractivity contribution in [1.29, 1.82) is 0 Å². The number of nitro benzene ring substituents is 1. The van der Waals surface area contributed by atoms with E-state index in [9.17, 15) is 14.9 Å². The van der Waals surface area contributed by atoms with Crippen LogP contribution in [0.15, 0.2) is 12.1 Å². The molecule has 0 fully saturated rings. The number of hydrogen-bond acceptors (Lipinski definition) is 6. The molecular formula is C14H21N3O5. The standard InChI is InChI=1S/C14H21N3O5/c1-4-22-13-5-10(14(18)16-8-9(2)7-15)11(17(19)20)6-12(13)21-3/h5-6,9H,4,7-8,15H2,1-3H3,(H,16,18). The summed E-state index contributed by atoms with van der Waals surface area (Å²) in [4.78, 5) is 22.7. The van der Waals surface area contributed by atoms with Gasteiger partial charge in [0, 0.05) is 12.6 Å². The lowest BCUT2D eigenvalue weighted by Gasteiger charge is -2.13. The summed E-state index contributed by atoms with van der Waals surface area (Å²) in [6.45, 7) is 4.73. The molecule has 1 rings (SSSR count). The van der Waals surface area contributed by atoms with Gasteiger partial charge in [-0.3, -0.25) is 14.9 Å². The van der Waals surface area contributed by atoms with Crippen LogP contribution >= 0.6 is 0 Å². The smallest absolute Gasteiger partial charge is 0.286 e. The van der Waals surface area contributed by atoms with Gasteiger partial charge in [-0.2, -0.15) is 0 Å². The zero-order valence-electron chi connectivity index (χ0n) is 12.9. The average molecular weight is 311 g/mol. The Morgan fingerprint density at radius 2 is 2.14 bits per heavy atom. The number of nitrogens with zero attached hydrogens (tertiary/aromatic N) is 1. The van der Waals surface area contributed by atoms with E-state index in [1.807, 2.05) is 6.92 Å². The molecule has 0 aliphatic heterocycles. The van der Waals surface area contributed by atoms with Gasteiger partial charge in [-0.25, -0.2) is 0 Å². The number of nitro groups is 1. The fourth-order valence-corrected chi connectivity index (χ4v) is 1.76. The summed E-state index contributed by atoms with van der Waals surface area (Å²) in [5.41, 5.74) is 5.07. The number of carbonyl (C=O) groups is 1. The first-order valence-electron chi connectivity index (χ1n) is 6.92. The predicted molar refractivity (Wildman–Crippen MR) is 81.4 cm³/mol. The SMILES string of the molecule is CCOc1cc(C(=O)NCC(C)CN)c([N+](=O)[O-])cc1OC. The number of benzene rings is 1. The van der Waals surface area contributed by atoms with E-state index in [1.165, 1.54) is 19.2 Å². The zero-order valence-corrected chi connectivity index (χ0v) is 12.9. The van der Waals surface area contributed by atoms with Crippen molar-refractivity contribution < 1.29 is 19.2 Å². The van der Waals surface area contributed by atoms with Gasteiger partial charge in [0.2, 0.25) is 0 Å². The van der Waals surface area contributed by atoms with Gasteiger partial charge in [0.1, 0.15) is 5.56 Å². The van der Waals surface area contributed by atoms with Gasteiger partial charge in [0.25, 0.3) is 11.6 Å². The van der Waals surface area contributed by atoms with Gasteiger partial charge in [-0.1, -0.05) is 6.92 Å². The summed E-state index contributed by atoms with van der Waals surface area (Å²) in [7, 11) is 1.38. The van der Waals surface area contributed by atoms with Crippen LogP contribution in [0.3, 0.4) is 0 Å². The lowest BCUT2D eigenvalue weighted by Crippen LogP contribution is -2.31. The Kier molecular flexibility index (Phi) is 6.58. The highest BCUT2D eigenvalue weighted by atomic mass is 16.6. The van der Waals surface area contributed by atoms with E-state index in [0.717, 1.165) is 0 Å². The molecule has 3 N–H and O–H groups in total. The largest absolute Gasteiger partial charge is 0.493 e. The van der Waals surface area contributed by atoms with Gasteiger partial charge in [-0.05, 0) is 19.4 Å². The van der Waals surface area contributed by atoms with Crippen molar-refractivity contribution in [2.75, 3.05) is 26.8 Å². The summed E-state index contributed by atoms with van der Waals surface area (Å²) in [5, 5.41) is 13.8. The minimum atomic E-state index is -0.625. The number of nitrogens with two attached hydrogens (primary N) is 1. The molecule has 1 atom stereocenters. The second-order valence-corrected chi connectivity index (χ2v) is 4.76. The molecule has 0 heterocycles. The first kappa shape index (κ1) is 17.7. The summed E-state index contributed by atoms with van der Waals surface area (Å²) in [6.07, 6.45) is 0. The van der Waals surface area contributed by atoms with Gasteiger partial charge in [0.15, 0.2) is 11.5 Å². The molecule has 1 aromatic rings. The highest BCUT2D eigenvalue weighted by molar-refractivity contribution is 5.99. The monoisotopic (exact) mass is 311 g/mol. The minimum absolute atomic E-state index is 0.0709. The van der Waals surface area contributed by atoms with Crippen molar-refractivity contribution in [3.05, 3.63) is 27.8 Å². The van der Waals surface area contributed by atoms with Gasteiger partial charge < -0.3 is 20.5 Å². The summed E-state index contributed by atoms with van der Waals surface area (Å²) in [5.74, 6) is 0.0243. The van der Waals surface area contributed by atoms with Crippen LogP contribution in [-0.4, -0.2) is 37.6 Å². The molecule has 1 amide bonds. The van der Waals surface area contributed by atoms with Crippen molar-refractivity contribution in [3.8, 4) is 11.5 Å². The molecule has 1 aromatic carbocycles. The van der Waals surface area contributed by atoms with Crippen LogP contribution in [-0.2, 0) is 0 Å². The second kappa shape index (κ2) is 8.18. The van der Waals surface area contributed by atoms with E-state index in [-0.39, 0.29) is 28.7 Å². The summed E-state index contributed by atoms with van der Waals surface area (Å²) >= 11 is 0. The van der Waals surface area contributed by atoms with Crippen molar-refractivity contribution in [2.24, 2.45) is 11.7 Å². The van der Waals surface area contributed by atoms with E-state index in [2.05, 4.69) is 5.32 Å². The first-order chi connectivity index (χ1) is 10.4. The van der Waals surface area contributed by atoms with Crippen LogP contribution in [0.4, 0.5) is 5.69 Å². The Bertz CT molecular complexity index is 548. The van der Waals surface area contributed by atoms with Crippen molar-refractivity contribution in [1.82, 2.24) is 5.32 Å². The first-order valence-corrected chi connectivity index (χ1v) is 6.92. The topological polar surface area (TPSA) is 117 Å². The van der Waals surface area contributed by atoms with Crippen LogP contribution < -0.4 is 20.5 Å². The van der Waals surface area contributed by atoms with Crippen molar-refractivity contribution >= 4 is 11.6 Å². The molecular weight excluding hydrogens is 290 g/mol. The lowest BCUT2D eigenvalue weighted by molar-refractivity contribution is -0.385. The number of nitrogens with one attached hydrogen (secondary N) is 1. The van der Waals surface area contributed by atoms with Crippen LogP contribution in [0, 0.1) is 16.0 Å². The van der Waals surface area contributed by atoms with E-state index in [1.54, 1.807) is 6.92 Å². The van der Waals surface area contributed by atoms with Crippen molar-refractivity contribution in [2.45, 2.75) is 13.8 Å². The zero-order chi connectivity index (χ0) is 16.7. The van der Waals surface area contributed by atoms with Crippen LogP contribution in [0.2, 0.25) is 0 Å². The Morgan fingerprint density at radius 3 is 2.64 bits per heavy atom. The molecule has 0 saturated carbocycles. The molecule has 0 spiro atoms. The van der Waals surface area contributed by atoms with Gasteiger partial charge in [-0.15, -0.1) is 0 Å². The van der Waals surface area contributed by atoms with Crippen molar-refractivity contribution in [3.63, 3.8) is 0 Å². The third kappa shape index (κ3) is 4.32. The number of hydrogen-bond donors (Lipinski definition) is 2. The van der Waals surface area contributed by atoms with Crippen LogP contribution in [0.25, 0.3) is 0 Å². The third-order valence-electron chi connectivity index (χ3n) is 3.04. The number of carbonyl (C=O) groups excluding carboxylic acids is 1. The number of ether oxygens (including phenoxy) is 2. The molecule has 8 heteroatoms. The summed E-state index contributed by atoms with van der Waals surface area (Å²) in [6, 6.07) is 2.51.